The van der Waals surface area contributed by atoms with Crippen molar-refractivity contribution in [3.8, 4) is 11.3 Å². The molecule has 0 saturated carbocycles. The van der Waals surface area contributed by atoms with Gasteiger partial charge in [-0.15, -0.1) is 0 Å². The lowest BCUT2D eigenvalue weighted by molar-refractivity contribution is -0.131. The number of carbonyl (C=O) groups is 1. The van der Waals surface area contributed by atoms with E-state index in [2.05, 4.69) is 32.3 Å². The molecule has 3 aromatic heterocycles. The molecule has 6 rings (SSSR count). The lowest BCUT2D eigenvalue weighted by Crippen LogP contribution is -2.52. The molecule has 9 heteroatoms. The second-order valence-electron chi connectivity index (χ2n) is 9.60. The highest BCUT2D eigenvalue weighted by atomic mass is 19.1. The van der Waals surface area contributed by atoms with Crippen molar-refractivity contribution in [2.75, 3.05) is 36.4 Å². The molecule has 1 unspecified atom stereocenters. The van der Waals surface area contributed by atoms with E-state index >= 15 is 0 Å². The minimum atomic E-state index is -0.488. The molecule has 1 aliphatic heterocycles. The highest BCUT2D eigenvalue weighted by Gasteiger charge is 2.27. The summed E-state index contributed by atoms with van der Waals surface area (Å²) in [6, 6.07) is 16.0. The number of fused-ring (bicyclic) bond motifs is 2. The highest BCUT2D eigenvalue weighted by Crippen LogP contribution is 2.30. The molecule has 1 saturated heterocycles. The van der Waals surface area contributed by atoms with E-state index in [1.807, 2.05) is 41.3 Å². The summed E-state index contributed by atoms with van der Waals surface area (Å²) in [7, 11) is 0. The number of benzene rings is 2. The van der Waals surface area contributed by atoms with Gasteiger partial charge in [0.15, 0.2) is 5.65 Å². The topological polar surface area (TPSA) is 78.7 Å². The van der Waals surface area contributed by atoms with E-state index in [1.165, 1.54) is 12.1 Å². The van der Waals surface area contributed by atoms with E-state index < -0.39 is 6.04 Å². The van der Waals surface area contributed by atoms with Gasteiger partial charge < -0.3 is 15.1 Å². The van der Waals surface area contributed by atoms with Crippen LogP contribution < -0.4 is 10.2 Å². The van der Waals surface area contributed by atoms with Crippen molar-refractivity contribution in [3.05, 3.63) is 84.7 Å². The van der Waals surface area contributed by atoms with Crippen molar-refractivity contribution in [1.82, 2.24) is 24.3 Å². The molecule has 8 nitrogen and oxygen atoms in total. The summed E-state index contributed by atoms with van der Waals surface area (Å²) in [5.74, 6) is 0.382. The largest absolute Gasteiger partial charge is 0.367 e. The summed E-state index contributed by atoms with van der Waals surface area (Å²) in [5, 5.41) is 4.51. The van der Waals surface area contributed by atoms with Crippen molar-refractivity contribution in [1.29, 1.82) is 0 Å². The summed E-state index contributed by atoms with van der Waals surface area (Å²) >= 11 is 0. The van der Waals surface area contributed by atoms with Crippen LogP contribution in [0, 0.1) is 12.7 Å². The monoisotopic (exact) mass is 509 g/mol. The van der Waals surface area contributed by atoms with Gasteiger partial charge >= 0.3 is 0 Å². The molecule has 5 aromatic rings. The summed E-state index contributed by atoms with van der Waals surface area (Å²) in [6.45, 7) is 6.62. The smallest absolute Gasteiger partial charge is 0.244 e. The Kier molecular flexibility index (Phi) is 6.11. The molecule has 1 N–H and O–H groups in total. The highest BCUT2D eigenvalue weighted by molar-refractivity contribution is 5.92. The number of pyridine rings is 1. The van der Waals surface area contributed by atoms with Gasteiger partial charge in [0, 0.05) is 60.9 Å². The van der Waals surface area contributed by atoms with Gasteiger partial charge in [-0.3, -0.25) is 19.2 Å². The Morgan fingerprint density at radius 1 is 1.03 bits per heavy atom. The number of rotatable bonds is 5. The van der Waals surface area contributed by atoms with Gasteiger partial charge in [-0.05, 0) is 50.2 Å². The number of halogens is 1. The predicted molar refractivity (Wildman–Crippen MR) is 147 cm³/mol. The van der Waals surface area contributed by atoms with E-state index in [-0.39, 0.29) is 11.7 Å². The number of amides is 1. The molecule has 38 heavy (non-hydrogen) atoms. The van der Waals surface area contributed by atoms with Crippen molar-refractivity contribution < 1.29 is 9.18 Å². The van der Waals surface area contributed by atoms with Gasteiger partial charge in [0.25, 0.3) is 0 Å². The van der Waals surface area contributed by atoms with Crippen LogP contribution in [-0.4, -0.2) is 62.4 Å². The molecule has 0 radical (unpaired) electrons. The molecule has 1 fully saturated rings. The number of nitrogens with one attached hydrogen (secondary N) is 1. The maximum Gasteiger partial charge on any atom is 0.244 e. The van der Waals surface area contributed by atoms with Gasteiger partial charge in [-0.1, -0.05) is 18.2 Å². The van der Waals surface area contributed by atoms with E-state index in [9.17, 15) is 9.18 Å². The quantitative estimate of drug-likeness (QED) is 0.375. The molecule has 0 bridgehead atoms. The van der Waals surface area contributed by atoms with Crippen LogP contribution >= 0.6 is 0 Å². The van der Waals surface area contributed by atoms with Crippen LogP contribution in [0.15, 0.2) is 73.2 Å². The zero-order valence-electron chi connectivity index (χ0n) is 21.3. The first-order valence-electron chi connectivity index (χ1n) is 12.7. The van der Waals surface area contributed by atoms with Gasteiger partial charge in [0.1, 0.15) is 23.4 Å². The fraction of sp³-hybridized carbons (Fsp3) is 0.241. The lowest BCUT2D eigenvalue weighted by Gasteiger charge is -2.37. The van der Waals surface area contributed by atoms with Crippen LogP contribution in [-0.2, 0) is 4.79 Å². The number of aryl methyl sites for hydroxylation is 1. The van der Waals surface area contributed by atoms with E-state index in [1.54, 1.807) is 30.7 Å². The molecule has 0 aliphatic carbocycles. The van der Waals surface area contributed by atoms with Gasteiger partial charge in [0.2, 0.25) is 5.91 Å². The van der Waals surface area contributed by atoms with Crippen LogP contribution in [0.4, 0.5) is 15.9 Å². The number of piperazine rings is 1. The number of aromatic nitrogens is 4. The molecule has 192 valence electrons. The Bertz CT molecular complexity index is 1620. The van der Waals surface area contributed by atoms with E-state index in [0.29, 0.717) is 30.2 Å². The fourth-order valence-corrected chi connectivity index (χ4v) is 5.11. The molecule has 1 aliphatic rings. The minimum absolute atomic E-state index is 0.0227. The van der Waals surface area contributed by atoms with Crippen molar-refractivity contribution in [2.24, 2.45) is 0 Å². The second-order valence-corrected chi connectivity index (χ2v) is 9.60. The predicted octanol–water partition coefficient (Wildman–Crippen LogP) is 4.54. The van der Waals surface area contributed by atoms with Gasteiger partial charge in [-0.25, -0.2) is 9.37 Å². The summed E-state index contributed by atoms with van der Waals surface area (Å²) in [4.78, 5) is 31.3. The average molecular weight is 510 g/mol. The molecule has 4 heterocycles. The van der Waals surface area contributed by atoms with E-state index in [0.717, 1.165) is 40.9 Å². The fourth-order valence-electron chi connectivity index (χ4n) is 5.11. The second kappa shape index (κ2) is 9.74. The Labute approximate surface area is 219 Å². The molecule has 0 spiro atoms. The maximum atomic E-state index is 13.6. The lowest BCUT2D eigenvalue weighted by atomic mass is 10.1. The first-order valence-corrected chi connectivity index (χ1v) is 12.7. The third-order valence-corrected chi connectivity index (χ3v) is 7.03. The summed E-state index contributed by atoms with van der Waals surface area (Å²) < 4.78 is 15.4. The molecular formula is C29H28FN7O. The number of anilines is 2. The Balaban J connectivity index is 1.20. The van der Waals surface area contributed by atoms with Gasteiger partial charge in [0.05, 0.1) is 11.7 Å². The van der Waals surface area contributed by atoms with Crippen LogP contribution in [0.2, 0.25) is 0 Å². The first kappa shape index (κ1) is 23.8. The number of nitrogens with zero attached hydrogens (tertiary/aromatic N) is 6. The molecule has 1 atom stereocenters. The zero-order valence-corrected chi connectivity index (χ0v) is 21.3. The van der Waals surface area contributed by atoms with Crippen molar-refractivity contribution in [3.63, 3.8) is 0 Å². The number of hydrogen-bond acceptors (Lipinski definition) is 6. The van der Waals surface area contributed by atoms with Crippen molar-refractivity contribution >= 4 is 34.0 Å². The normalized spacial score (nSPS) is 14.7. The average Bonchev–Trinajstić information content (AvgIpc) is 3.30. The van der Waals surface area contributed by atoms with Crippen LogP contribution in [0.1, 0.15) is 12.6 Å². The zero-order chi connectivity index (χ0) is 26.2. The standard InChI is InChI=1S/C29H28FN7O/c1-19-17-25(23-5-3-4-6-24(23)32-19)35-13-15-36(16-14-35)29(38)20(2)33-28-27(21-7-9-22(30)10-8-21)34-26-18-31-11-12-37(26)28/h3-12,17-18,20,33H,13-16H2,1-2H3. The Morgan fingerprint density at radius 2 is 1.79 bits per heavy atom. The SMILES string of the molecule is Cc1cc(N2CCN(C(=O)C(C)Nc3c(-c4ccc(F)cc4)nc4cnccn34)CC2)c2ccccc2n1. The number of imidazole rings is 1. The summed E-state index contributed by atoms with van der Waals surface area (Å²) in [6.07, 6.45) is 5.13. The molecular weight excluding hydrogens is 481 g/mol. The number of carbonyl (C=O) groups excluding carboxylic acids is 1. The Morgan fingerprint density at radius 3 is 2.58 bits per heavy atom. The van der Waals surface area contributed by atoms with Crippen molar-refractivity contribution in [2.45, 2.75) is 19.9 Å². The van der Waals surface area contributed by atoms with Crippen LogP contribution in [0.25, 0.3) is 27.8 Å². The number of para-hydroxylation sites is 1. The molecule has 2 aromatic carbocycles. The maximum absolute atomic E-state index is 13.6. The molecule has 1 amide bonds. The minimum Gasteiger partial charge on any atom is -0.367 e. The van der Waals surface area contributed by atoms with Crippen LogP contribution in [0.3, 0.4) is 0 Å². The Hall–Kier alpha value is -4.53. The first-order chi connectivity index (χ1) is 18.5. The van der Waals surface area contributed by atoms with Gasteiger partial charge in [-0.2, -0.15) is 0 Å². The van der Waals surface area contributed by atoms with E-state index in [4.69, 9.17) is 4.98 Å². The number of hydrogen-bond donors (Lipinski definition) is 1. The van der Waals surface area contributed by atoms with Crippen LogP contribution in [0.5, 0.6) is 0 Å². The third kappa shape index (κ3) is 4.40. The third-order valence-electron chi connectivity index (χ3n) is 7.03. The summed E-state index contributed by atoms with van der Waals surface area (Å²) in [5.41, 5.74) is 5.17.